The van der Waals surface area contributed by atoms with Crippen LogP contribution in [0.5, 0.6) is 0 Å². The van der Waals surface area contributed by atoms with Crippen molar-refractivity contribution in [2.75, 3.05) is 5.32 Å². The molecule has 1 unspecified atom stereocenters. The molecular weight excluding hydrogens is 325 g/mol. The average molecular weight is 335 g/mol. The lowest BCUT2D eigenvalue weighted by atomic mass is 10.2. The van der Waals surface area contributed by atoms with Crippen LogP contribution >= 0.6 is 38.9 Å². The molecule has 90 valence electrons. The molecule has 1 heterocycles. The van der Waals surface area contributed by atoms with E-state index in [2.05, 4.69) is 21.2 Å². The summed E-state index contributed by atoms with van der Waals surface area (Å²) < 4.78 is 14.6. The van der Waals surface area contributed by atoms with Crippen LogP contribution in [0.25, 0.3) is 0 Å². The summed E-state index contributed by atoms with van der Waals surface area (Å²) in [6, 6.07) is 8.68. The Labute approximate surface area is 117 Å². The predicted octanol–water partition coefficient (Wildman–Crippen LogP) is 5.48. The van der Waals surface area contributed by atoms with Gasteiger partial charge in [-0.1, -0.05) is 11.6 Å². The first kappa shape index (κ1) is 12.9. The molecule has 1 aromatic heterocycles. The zero-order valence-electron chi connectivity index (χ0n) is 9.01. The Morgan fingerprint density at radius 3 is 2.71 bits per heavy atom. The molecule has 0 aliphatic rings. The molecule has 1 atom stereocenters. The van der Waals surface area contributed by atoms with Gasteiger partial charge in [-0.05, 0) is 53.2 Å². The second kappa shape index (κ2) is 5.38. The van der Waals surface area contributed by atoms with Crippen LogP contribution in [0.3, 0.4) is 0 Å². The molecule has 2 rings (SSSR count). The van der Waals surface area contributed by atoms with Gasteiger partial charge in [0.25, 0.3) is 0 Å². The molecule has 5 heteroatoms. The molecule has 0 saturated carbocycles. The van der Waals surface area contributed by atoms with Gasteiger partial charge in [-0.15, -0.1) is 11.3 Å². The zero-order chi connectivity index (χ0) is 12.4. The Bertz CT molecular complexity index is 529. The van der Waals surface area contributed by atoms with E-state index in [0.29, 0.717) is 10.7 Å². The van der Waals surface area contributed by atoms with E-state index in [-0.39, 0.29) is 11.9 Å². The van der Waals surface area contributed by atoms with Gasteiger partial charge in [0.15, 0.2) is 0 Å². The third-order valence-electron chi connectivity index (χ3n) is 2.32. The molecule has 2 aromatic rings. The number of rotatable bonds is 3. The van der Waals surface area contributed by atoms with E-state index < -0.39 is 0 Å². The van der Waals surface area contributed by atoms with Crippen molar-refractivity contribution in [3.05, 3.63) is 49.8 Å². The number of benzene rings is 1. The monoisotopic (exact) mass is 333 g/mol. The Morgan fingerprint density at radius 2 is 2.12 bits per heavy atom. The fraction of sp³-hybridized carbons (Fsp3) is 0.167. The Hall–Kier alpha value is -0.580. The Balaban J connectivity index is 2.15. The van der Waals surface area contributed by atoms with Gasteiger partial charge in [-0.3, -0.25) is 0 Å². The standard InChI is InChI=1S/C12H10BrClFNS/c1-7(11-4-5-12(13)17-11)16-10-3-2-8(14)6-9(10)15/h2-7,16H,1H3. The number of hydrogen-bond donors (Lipinski definition) is 1. The van der Waals surface area contributed by atoms with Crippen LogP contribution in [0.15, 0.2) is 34.1 Å². The molecule has 0 radical (unpaired) electrons. The van der Waals surface area contributed by atoms with Crippen LogP contribution in [0.4, 0.5) is 10.1 Å². The smallest absolute Gasteiger partial charge is 0.147 e. The van der Waals surface area contributed by atoms with Gasteiger partial charge in [0, 0.05) is 9.90 Å². The molecule has 0 aliphatic heterocycles. The van der Waals surface area contributed by atoms with E-state index in [1.165, 1.54) is 6.07 Å². The van der Waals surface area contributed by atoms with Gasteiger partial charge in [0.2, 0.25) is 0 Å². The van der Waals surface area contributed by atoms with E-state index in [1.807, 2.05) is 19.1 Å². The summed E-state index contributed by atoms with van der Waals surface area (Å²) in [6.07, 6.45) is 0. The van der Waals surface area contributed by atoms with Crippen LogP contribution in [0.2, 0.25) is 5.02 Å². The highest BCUT2D eigenvalue weighted by atomic mass is 79.9. The lowest BCUT2D eigenvalue weighted by molar-refractivity contribution is 0.628. The van der Waals surface area contributed by atoms with Gasteiger partial charge < -0.3 is 5.32 Å². The van der Waals surface area contributed by atoms with E-state index in [9.17, 15) is 4.39 Å². The molecule has 17 heavy (non-hydrogen) atoms. The molecule has 0 aliphatic carbocycles. The predicted molar refractivity (Wildman–Crippen MR) is 75.5 cm³/mol. The lowest BCUT2D eigenvalue weighted by Crippen LogP contribution is -2.06. The highest BCUT2D eigenvalue weighted by molar-refractivity contribution is 9.11. The highest BCUT2D eigenvalue weighted by Gasteiger charge is 2.10. The fourth-order valence-corrected chi connectivity index (χ4v) is 3.06. The van der Waals surface area contributed by atoms with Crippen molar-refractivity contribution in [1.82, 2.24) is 0 Å². The van der Waals surface area contributed by atoms with E-state index >= 15 is 0 Å². The van der Waals surface area contributed by atoms with Crippen molar-refractivity contribution in [1.29, 1.82) is 0 Å². The molecule has 1 nitrogen and oxygen atoms in total. The SMILES string of the molecule is CC(Nc1ccc(Cl)cc1F)c1ccc(Br)s1. The normalized spacial score (nSPS) is 12.5. The number of halogens is 3. The Kier molecular flexibility index (Phi) is 4.07. The summed E-state index contributed by atoms with van der Waals surface area (Å²) in [7, 11) is 0. The molecular formula is C12H10BrClFNS. The average Bonchev–Trinajstić information content (AvgIpc) is 2.69. The number of nitrogens with one attached hydrogen (secondary N) is 1. The number of hydrogen-bond acceptors (Lipinski definition) is 2. The highest BCUT2D eigenvalue weighted by Crippen LogP contribution is 2.30. The summed E-state index contributed by atoms with van der Waals surface area (Å²) in [6.45, 7) is 1.99. The van der Waals surface area contributed by atoms with Crippen molar-refractivity contribution in [2.24, 2.45) is 0 Å². The first-order valence-electron chi connectivity index (χ1n) is 5.03. The second-order valence-electron chi connectivity index (χ2n) is 3.63. The maximum Gasteiger partial charge on any atom is 0.147 e. The third kappa shape index (κ3) is 3.21. The van der Waals surface area contributed by atoms with Crippen LogP contribution in [-0.4, -0.2) is 0 Å². The van der Waals surface area contributed by atoms with Crippen molar-refractivity contribution >= 4 is 44.6 Å². The van der Waals surface area contributed by atoms with Crippen LogP contribution < -0.4 is 5.32 Å². The van der Waals surface area contributed by atoms with Crippen molar-refractivity contribution in [3.63, 3.8) is 0 Å². The molecule has 0 bridgehead atoms. The summed E-state index contributed by atoms with van der Waals surface area (Å²) in [5, 5.41) is 3.53. The molecule has 1 aromatic carbocycles. The van der Waals surface area contributed by atoms with E-state index in [0.717, 1.165) is 8.66 Å². The molecule has 1 N–H and O–H groups in total. The minimum atomic E-state index is -0.333. The van der Waals surface area contributed by atoms with E-state index in [1.54, 1.807) is 23.5 Å². The van der Waals surface area contributed by atoms with E-state index in [4.69, 9.17) is 11.6 Å². The number of anilines is 1. The minimum absolute atomic E-state index is 0.0574. The largest absolute Gasteiger partial charge is 0.375 e. The van der Waals surface area contributed by atoms with Crippen LogP contribution in [-0.2, 0) is 0 Å². The van der Waals surface area contributed by atoms with Gasteiger partial charge >= 0.3 is 0 Å². The molecule has 0 saturated heterocycles. The maximum atomic E-state index is 13.6. The topological polar surface area (TPSA) is 12.0 Å². The number of thiophene rings is 1. The lowest BCUT2D eigenvalue weighted by Gasteiger charge is -2.14. The first-order valence-corrected chi connectivity index (χ1v) is 7.02. The third-order valence-corrected chi connectivity index (χ3v) is 4.37. The quantitative estimate of drug-likeness (QED) is 0.784. The fourth-order valence-electron chi connectivity index (χ4n) is 1.47. The summed E-state index contributed by atoms with van der Waals surface area (Å²) in [5.41, 5.74) is 0.464. The maximum absolute atomic E-state index is 13.6. The van der Waals surface area contributed by atoms with Gasteiger partial charge in [0.1, 0.15) is 5.82 Å². The van der Waals surface area contributed by atoms with Gasteiger partial charge in [0.05, 0.1) is 15.5 Å². The van der Waals surface area contributed by atoms with Crippen molar-refractivity contribution < 1.29 is 4.39 Å². The van der Waals surface area contributed by atoms with Crippen molar-refractivity contribution in [3.8, 4) is 0 Å². The second-order valence-corrected chi connectivity index (χ2v) is 6.56. The van der Waals surface area contributed by atoms with Gasteiger partial charge in [-0.2, -0.15) is 0 Å². The first-order chi connectivity index (χ1) is 8.06. The summed E-state index contributed by atoms with van der Waals surface area (Å²) in [5.74, 6) is -0.333. The summed E-state index contributed by atoms with van der Waals surface area (Å²) >= 11 is 10.7. The zero-order valence-corrected chi connectivity index (χ0v) is 12.2. The van der Waals surface area contributed by atoms with Crippen molar-refractivity contribution in [2.45, 2.75) is 13.0 Å². The molecule has 0 amide bonds. The van der Waals surface area contributed by atoms with Crippen LogP contribution in [0.1, 0.15) is 17.8 Å². The minimum Gasteiger partial charge on any atom is -0.375 e. The molecule has 0 fully saturated rings. The Morgan fingerprint density at radius 1 is 1.35 bits per heavy atom. The van der Waals surface area contributed by atoms with Gasteiger partial charge in [-0.25, -0.2) is 4.39 Å². The molecule has 0 spiro atoms. The van der Waals surface area contributed by atoms with Crippen LogP contribution in [0, 0.1) is 5.82 Å². The summed E-state index contributed by atoms with van der Waals surface area (Å²) in [4.78, 5) is 1.14.